The number of nitrogens with one attached hydrogen (secondary N) is 1. The summed E-state index contributed by atoms with van der Waals surface area (Å²) in [7, 11) is 1.27. The van der Waals surface area contributed by atoms with Crippen LogP contribution in [0.3, 0.4) is 0 Å². The van der Waals surface area contributed by atoms with E-state index in [0.717, 1.165) is 25.1 Å². The summed E-state index contributed by atoms with van der Waals surface area (Å²) in [6.07, 6.45) is 3.32. The summed E-state index contributed by atoms with van der Waals surface area (Å²) in [5.74, 6) is -1.65. The van der Waals surface area contributed by atoms with Gasteiger partial charge in [-0.25, -0.2) is 4.39 Å². The third kappa shape index (κ3) is 4.22. The number of rotatable bonds is 6. The minimum atomic E-state index is -1.04. The fourth-order valence-corrected chi connectivity index (χ4v) is 3.23. The first-order chi connectivity index (χ1) is 12.6. The molecule has 0 radical (unpaired) electrons. The molecule has 1 saturated heterocycles. The zero-order valence-electron chi connectivity index (χ0n) is 14.6. The van der Waals surface area contributed by atoms with Gasteiger partial charge in [0.25, 0.3) is 0 Å². The number of nitrogens with zero attached hydrogens (tertiary/aromatic N) is 1. The van der Waals surface area contributed by atoms with Crippen LogP contribution in [0.5, 0.6) is 5.75 Å². The predicted molar refractivity (Wildman–Crippen MR) is 91.5 cm³/mol. The van der Waals surface area contributed by atoms with Crippen LogP contribution in [0.1, 0.15) is 24.2 Å². The van der Waals surface area contributed by atoms with E-state index in [4.69, 9.17) is 9.15 Å². The number of likely N-dealkylation sites (tertiary alicyclic amines) is 1. The Morgan fingerprint density at radius 2 is 2.19 bits per heavy atom. The van der Waals surface area contributed by atoms with Crippen LogP contribution < -0.4 is 10.1 Å². The number of halogens is 2. The summed E-state index contributed by atoms with van der Waals surface area (Å²) in [6, 6.07) is 6.52. The molecule has 1 aliphatic heterocycles. The van der Waals surface area contributed by atoms with Gasteiger partial charge in [-0.3, -0.25) is 9.69 Å². The molecule has 1 unspecified atom stereocenters. The Kier molecular flexibility index (Phi) is 5.88. The van der Waals surface area contributed by atoms with Crippen LogP contribution >= 0.6 is 0 Å². The number of carbonyl (C=O) groups excluding carboxylic acids is 1. The molecule has 5 nitrogen and oxygen atoms in total. The minimum absolute atomic E-state index is 0.0553. The van der Waals surface area contributed by atoms with E-state index >= 15 is 0 Å². The van der Waals surface area contributed by atoms with Gasteiger partial charge in [0.1, 0.15) is 5.76 Å². The van der Waals surface area contributed by atoms with E-state index in [1.54, 1.807) is 6.26 Å². The summed E-state index contributed by atoms with van der Waals surface area (Å²) < 4.78 is 37.8. The second-order valence-electron chi connectivity index (χ2n) is 6.43. The number of hydrogen-bond acceptors (Lipinski definition) is 4. The van der Waals surface area contributed by atoms with Gasteiger partial charge in [0.2, 0.25) is 11.7 Å². The minimum Gasteiger partial charge on any atom is -0.494 e. The zero-order chi connectivity index (χ0) is 18.5. The van der Waals surface area contributed by atoms with Crippen molar-refractivity contribution in [1.82, 2.24) is 10.2 Å². The number of ether oxygens (including phenoxy) is 1. The van der Waals surface area contributed by atoms with E-state index in [1.165, 1.54) is 19.2 Å². The van der Waals surface area contributed by atoms with Crippen molar-refractivity contribution in [1.29, 1.82) is 0 Å². The van der Waals surface area contributed by atoms with E-state index in [0.29, 0.717) is 13.1 Å². The summed E-state index contributed by atoms with van der Waals surface area (Å²) in [4.78, 5) is 14.6. The molecule has 0 aliphatic carbocycles. The molecule has 0 saturated carbocycles. The van der Waals surface area contributed by atoms with Crippen molar-refractivity contribution in [3.8, 4) is 5.75 Å². The molecule has 3 rings (SSSR count). The maximum atomic E-state index is 14.0. The fraction of sp³-hybridized carbons (Fsp3) is 0.421. The number of carbonyl (C=O) groups is 1. The van der Waals surface area contributed by atoms with E-state index in [2.05, 4.69) is 10.2 Å². The van der Waals surface area contributed by atoms with Gasteiger partial charge in [-0.1, -0.05) is 6.07 Å². The Morgan fingerprint density at radius 3 is 2.92 bits per heavy atom. The lowest BCUT2D eigenvalue weighted by Gasteiger charge is -2.31. The van der Waals surface area contributed by atoms with Crippen LogP contribution in [0.4, 0.5) is 8.78 Å². The molecule has 1 atom stereocenters. The molecular formula is C19H22F2N2O3. The van der Waals surface area contributed by atoms with Crippen LogP contribution in [0.15, 0.2) is 34.9 Å². The predicted octanol–water partition coefficient (Wildman–Crippen LogP) is 3.09. The molecule has 1 N–H and O–H groups in total. The number of hydrogen-bond donors (Lipinski definition) is 1. The van der Waals surface area contributed by atoms with Crippen LogP contribution in [0, 0.1) is 17.6 Å². The number of benzene rings is 1. The van der Waals surface area contributed by atoms with Gasteiger partial charge in [-0.15, -0.1) is 0 Å². The number of methoxy groups -OCH3 is 1. The Labute approximate surface area is 150 Å². The Balaban J connectivity index is 1.55. The summed E-state index contributed by atoms with van der Waals surface area (Å²) in [6.45, 7) is 2.13. The average molecular weight is 364 g/mol. The van der Waals surface area contributed by atoms with Crippen LogP contribution in [-0.4, -0.2) is 31.0 Å². The van der Waals surface area contributed by atoms with Gasteiger partial charge in [0.05, 0.1) is 25.8 Å². The number of furan rings is 1. The molecule has 2 heterocycles. The third-order valence-corrected chi connectivity index (χ3v) is 4.64. The standard InChI is InChI=1S/C19H22F2N2O3/c1-25-16-7-6-13(17(20)18(16)21)10-22-19(24)14-4-2-8-23(11-14)12-15-5-3-9-26-15/h3,5-7,9,14H,2,4,8,10-12H2,1H3,(H,22,24). The smallest absolute Gasteiger partial charge is 0.224 e. The SMILES string of the molecule is COc1ccc(CNC(=O)C2CCCN(Cc3ccco3)C2)c(F)c1F. The van der Waals surface area contributed by atoms with Gasteiger partial charge >= 0.3 is 0 Å². The Morgan fingerprint density at radius 1 is 1.35 bits per heavy atom. The van der Waals surface area contributed by atoms with Gasteiger partial charge in [-0.2, -0.15) is 4.39 Å². The highest BCUT2D eigenvalue weighted by atomic mass is 19.2. The quantitative estimate of drug-likeness (QED) is 0.856. The van der Waals surface area contributed by atoms with Crippen molar-refractivity contribution in [2.45, 2.75) is 25.9 Å². The molecule has 1 aliphatic rings. The maximum Gasteiger partial charge on any atom is 0.224 e. The van der Waals surface area contributed by atoms with E-state index in [1.807, 2.05) is 12.1 Å². The van der Waals surface area contributed by atoms with Crippen LogP contribution in [0.2, 0.25) is 0 Å². The van der Waals surface area contributed by atoms with Gasteiger partial charge in [0, 0.05) is 18.7 Å². The molecule has 26 heavy (non-hydrogen) atoms. The number of amides is 1. The van der Waals surface area contributed by atoms with Crippen molar-refractivity contribution < 1.29 is 22.7 Å². The van der Waals surface area contributed by atoms with Crippen molar-refractivity contribution in [3.05, 3.63) is 53.5 Å². The Bertz CT molecular complexity index is 749. The van der Waals surface area contributed by atoms with Gasteiger partial charge < -0.3 is 14.5 Å². The van der Waals surface area contributed by atoms with Crippen molar-refractivity contribution in [2.75, 3.05) is 20.2 Å². The van der Waals surface area contributed by atoms with Gasteiger partial charge in [0.15, 0.2) is 11.6 Å². The Hall–Kier alpha value is -2.41. The molecule has 0 bridgehead atoms. The molecule has 2 aromatic rings. The lowest BCUT2D eigenvalue weighted by Crippen LogP contribution is -2.42. The zero-order valence-corrected chi connectivity index (χ0v) is 14.6. The maximum absolute atomic E-state index is 14.0. The van der Waals surface area contributed by atoms with Crippen LogP contribution in [-0.2, 0) is 17.9 Å². The molecule has 1 fully saturated rings. The first-order valence-corrected chi connectivity index (χ1v) is 8.61. The molecule has 1 aromatic heterocycles. The van der Waals surface area contributed by atoms with E-state index < -0.39 is 11.6 Å². The third-order valence-electron chi connectivity index (χ3n) is 4.64. The second-order valence-corrected chi connectivity index (χ2v) is 6.43. The first kappa shape index (κ1) is 18.4. The second kappa shape index (κ2) is 8.31. The molecule has 1 aromatic carbocycles. The molecular weight excluding hydrogens is 342 g/mol. The summed E-state index contributed by atoms with van der Waals surface area (Å²) >= 11 is 0. The normalized spacial score (nSPS) is 17.9. The lowest BCUT2D eigenvalue weighted by molar-refractivity contribution is -0.127. The van der Waals surface area contributed by atoms with E-state index in [9.17, 15) is 13.6 Å². The molecule has 7 heteroatoms. The van der Waals surface area contributed by atoms with Crippen LogP contribution in [0.25, 0.3) is 0 Å². The summed E-state index contributed by atoms with van der Waals surface area (Å²) in [5.41, 5.74) is 0.0971. The highest BCUT2D eigenvalue weighted by Gasteiger charge is 2.26. The fourth-order valence-electron chi connectivity index (χ4n) is 3.23. The van der Waals surface area contributed by atoms with E-state index in [-0.39, 0.29) is 29.7 Å². The average Bonchev–Trinajstić information content (AvgIpc) is 3.16. The topological polar surface area (TPSA) is 54.7 Å². The molecule has 0 spiro atoms. The van der Waals surface area contributed by atoms with Crippen molar-refractivity contribution in [2.24, 2.45) is 5.92 Å². The monoisotopic (exact) mass is 364 g/mol. The van der Waals surface area contributed by atoms with Crippen molar-refractivity contribution >= 4 is 5.91 Å². The first-order valence-electron chi connectivity index (χ1n) is 8.61. The molecule has 140 valence electrons. The highest BCUT2D eigenvalue weighted by molar-refractivity contribution is 5.79. The highest BCUT2D eigenvalue weighted by Crippen LogP contribution is 2.23. The molecule has 1 amide bonds. The summed E-state index contributed by atoms with van der Waals surface area (Å²) in [5, 5.41) is 2.72. The van der Waals surface area contributed by atoms with Gasteiger partial charge in [-0.05, 0) is 37.6 Å². The lowest BCUT2D eigenvalue weighted by atomic mass is 9.97. The van der Waals surface area contributed by atoms with Crippen molar-refractivity contribution in [3.63, 3.8) is 0 Å². The largest absolute Gasteiger partial charge is 0.494 e. The number of piperidine rings is 1.